The topological polar surface area (TPSA) is 56.7 Å². The zero-order valence-corrected chi connectivity index (χ0v) is 15.4. The Morgan fingerprint density at radius 3 is 2.27 bits per heavy atom. The van der Waals surface area contributed by atoms with Gasteiger partial charge in [-0.15, -0.1) is 10.2 Å². The monoisotopic (exact) mass is 362 g/mol. The number of aromatic nitrogens is 4. The van der Waals surface area contributed by atoms with Gasteiger partial charge in [0.1, 0.15) is 0 Å². The predicted molar refractivity (Wildman–Crippen MR) is 103 cm³/mol. The molecule has 2 aromatic heterocycles. The molecular formula is C20H18N4OS. The zero-order chi connectivity index (χ0) is 17.9. The lowest BCUT2D eigenvalue weighted by Gasteiger charge is -2.08. The van der Waals surface area contributed by atoms with Gasteiger partial charge in [-0.1, -0.05) is 60.3 Å². The molecule has 4 aromatic rings. The first kappa shape index (κ1) is 16.6. The van der Waals surface area contributed by atoms with Crippen LogP contribution < -0.4 is 0 Å². The van der Waals surface area contributed by atoms with Gasteiger partial charge in [-0.2, -0.15) is 0 Å². The van der Waals surface area contributed by atoms with E-state index < -0.39 is 0 Å². The summed E-state index contributed by atoms with van der Waals surface area (Å²) in [4.78, 5) is 4.56. The van der Waals surface area contributed by atoms with Crippen LogP contribution in [-0.4, -0.2) is 19.7 Å². The summed E-state index contributed by atoms with van der Waals surface area (Å²) in [5.74, 6) is 1.14. The van der Waals surface area contributed by atoms with Crippen LogP contribution in [-0.2, 0) is 7.05 Å². The lowest BCUT2D eigenvalue weighted by Crippen LogP contribution is -1.96. The molecule has 26 heavy (non-hydrogen) atoms. The highest BCUT2D eigenvalue weighted by Gasteiger charge is 2.19. The second-order valence-electron chi connectivity index (χ2n) is 5.92. The Hall–Kier alpha value is -2.86. The van der Waals surface area contributed by atoms with Gasteiger partial charge in [0, 0.05) is 12.6 Å². The predicted octanol–water partition coefficient (Wildman–Crippen LogP) is 4.99. The van der Waals surface area contributed by atoms with Crippen molar-refractivity contribution in [2.24, 2.45) is 7.05 Å². The van der Waals surface area contributed by atoms with E-state index in [1.807, 2.05) is 68.7 Å². The minimum absolute atomic E-state index is 0.00434. The van der Waals surface area contributed by atoms with Gasteiger partial charge in [0.25, 0.3) is 0 Å². The first-order valence-corrected chi connectivity index (χ1v) is 9.23. The van der Waals surface area contributed by atoms with Crippen molar-refractivity contribution in [3.63, 3.8) is 0 Å². The van der Waals surface area contributed by atoms with Crippen molar-refractivity contribution in [1.82, 2.24) is 19.7 Å². The quantitative estimate of drug-likeness (QED) is 0.468. The molecule has 5 nitrogen and oxygen atoms in total. The van der Waals surface area contributed by atoms with E-state index in [2.05, 4.69) is 31.9 Å². The lowest BCUT2D eigenvalue weighted by molar-refractivity contribution is 0.508. The molecule has 2 heterocycles. The Morgan fingerprint density at radius 2 is 1.58 bits per heavy atom. The summed E-state index contributed by atoms with van der Waals surface area (Å²) in [6.07, 6.45) is 1.90. The Bertz CT molecular complexity index is 995. The van der Waals surface area contributed by atoms with Crippen LogP contribution in [0, 0.1) is 0 Å². The summed E-state index contributed by atoms with van der Waals surface area (Å²) in [5.41, 5.74) is 3.15. The summed E-state index contributed by atoms with van der Waals surface area (Å²) in [5, 5.41) is 9.29. The molecule has 0 spiro atoms. The van der Waals surface area contributed by atoms with Gasteiger partial charge < -0.3 is 8.98 Å². The third-order valence-electron chi connectivity index (χ3n) is 4.11. The summed E-state index contributed by atoms with van der Waals surface area (Å²) in [6, 6.07) is 20.0. The molecule has 0 saturated heterocycles. The molecular weight excluding hydrogens is 344 g/mol. The van der Waals surface area contributed by atoms with E-state index >= 15 is 0 Å². The Balaban J connectivity index is 1.53. The average Bonchev–Trinajstić information content (AvgIpc) is 3.31. The fraction of sp³-hybridized carbons (Fsp3) is 0.150. The number of hydrogen-bond acceptors (Lipinski definition) is 5. The second-order valence-corrected chi connectivity index (χ2v) is 7.23. The van der Waals surface area contributed by atoms with Crippen LogP contribution in [0.25, 0.3) is 22.7 Å². The van der Waals surface area contributed by atoms with Crippen LogP contribution in [0.15, 0.2) is 76.4 Å². The maximum atomic E-state index is 5.85. The molecule has 130 valence electrons. The summed E-state index contributed by atoms with van der Waals surface area (Å²) in [6.45, 7) is 2.05. The van der Waals surface area contributed by atoms with E-state index in [-0.39, 0.29) is 5.25 Å². The largest absolute Gasteiger partial charge is 0.419 e. The SMILES string of the molecule is CC(Sc1ncc(-c2ccccc2)n1C)c1nnc(-c2ccccc2)o1. The minimum atomic E-state index is 0.00434. The number of imidazole rings is 1. The number of nitrogens with zero attached hydrogens (tertiary/aromatic N) is 4. The molecule has 0 fully saturated rings. The highest BCUT2D eigenvalue weighted by molar-refractivity contribution is 7.99. The van der Waals surface area contributed by atoms with Gasteiger partial charge in [-0.25, -0.2) is 4.98 Å². The molecule has 0 aliphatic rings. The molecule has 1 unspecified atom stereocenters. The number of benzene rings is 2. The Labute approximate surface area is 156 Å². The highest BCUT2D eigenvalue weighted by Crippen LogP contribution is 2.35. The van der Waals surface area contributed by atoms with Crippen LogP contribution in [0.1, 0.15) is 18.1 Å². The smallest absolute Gasteiger partial charge is 0.247 e. The number of hydrogen-bond donors (Lipinski definition) is 0. The second kappa shape index (κ2) is 7.17. The fourth-order valence-electron chi connectivity index (χ4n) is 2.68. The van der Waals surface area contributed by atoms with Crippen molar-refractivity contribution < 1.29 is 4.42 Å². The van der Waals surface area contributed by atoms with E-state index in [4.69, 9.17) is 4.42 Å². The molecule has 0 saturated carbocycles. The highest BCUT2D eigenvalue weighted by atomic mass is 32.2. The first-order valence-electron chi connectivity index (χ1n) is 8.35. The van der Waals surface area contributed by atoms with Crippen molar-refractivity contribution in [3.05, 3.63) is 72.8 Å². The molecule has 2 aromatic carbocycles. The standard InChI is InChI=1S/C20H18N4OS/c1-14(18-22-23-19(25-18)16-11-7-4-8-12-16)26-20-21-13-17(24(20)2)15-9-5-3-6-10-15/h3-14H,1-2H3. The van der Waals surface area contributed by atoms with Crippen molar-refractivity contribution >= 4 is 11.8 Å². The van der Waals surface area contributed by atoms with Gasteiger partial charge in [0.05, 0.1) is 17.1 Å². The molecule has 0 radical (unpaired) electrons. The lowest BCUT2D eigenvalue weighted by atomic mass is 10.2. The Kier molecular flexibility index (Phi) is 4.58. The molecule has 4 rings (SSSR count). The van der Waals surface area contributed by atoms with Crippen molar-refractivity contribution in [2.45, 2.75) is 17.3 Å². The van der Waals surface area contributed by atoms with Crippen LogP contribution >= 0.6 is 11.8 Å². The van der Waals surface area contributed by atoms with Crippen molar-refractivity contribution in [3.8, 4) is 22.7 Å². The van der Waals surface area contributed by atoms with E-state index in [1.165, 1.54) is 0 Å². The van der Waals surface area contributed by atoms with Gasteiger partial charge in [0.15, 0.2) is 5.16 Å². The molecule has 6 heteroatoms. The van der Waals surface area contributed by atoms with Crippen molar-refractivity contribution in [1.29, 1.82) is 0 Å². The van der Waals surface area contributed by atoms with E-state index in [9.17, 15) is 0 Å². The summed E-state index contributed by atoms with van der Waals surface area (Å²) < 4.78 is 7.94. The zero-order valence-electron chi connectivity index (χ0n) is 14.5. The average molecular weight is 362 g/mol. The molecule has 0 aliphatic heterocycles. The number of rotatable bonds is 5. The minimum Gasteiger partial charge on any atom is -0.419 e. The van der Waals surface area contributed by atoms with E-state index in [0.717, 1.165) is 22.0 Å². The maximum absolute atomic E-state index is 5.85. The third kappa shape index (κ3) is 3.28. The van der Waals surface area contributed by atoms with E-state index in [0.29, 0.717) is 11.8 Å². The molecule has 0 N–H and O–H groups in total. The van der Waals surface area contributed by atoms with Gasteiger partial charge in [0.2, 0.25) is 11.8 Å². The maximum Gasteiger partial charge on any atom is 0.247 e. The summed E-state index contributed by atoms with van der Waals surface area (Å²) in [7, 11) is 2.02. The van der Waals surface area contributed by atoms with Crippen LogP contribution in [0.5, 0.6) is 0 Å². The Morgan fingerprint density at radius 1 is 0.923 bits per heavy atom. The van der Waals surface area contributed by atoms with Crippen LogP contribution in [0.2, 0.25) is 0 Å². The number of thioether (sulfide) groups is 1. The van der Waals surface area contributed by atoms with Gasteiger partial charge >= 0.3 is 0 Å². The van der Waals surface area contributed by atoms with Crippen LogP contribution in [0.4, 0.5) is 0 Å². The third-order valence-corrected chi connectivity index (χ3v) is 5.25. The fourth-order valence-corrected chi connectivity index (χ4v) is 3.57. The molecule has 0 amide bonds. The van der Waals surface area contributed by atoms with Crippen LogP contribution in [0.3, 0.4) is 0 Å². The molecule has 0 aliphatic carbocycles. The molecule has 1 atom stereocenters. The molecule has 0 bridgehead atoms. The van der Waals surface area contributed by atoms with E-state index in [1.54, 1.807) is 11.8 Å². The normalized spacial score (nSPS) is 12.2. The van der Waals surface area contributed by atoms with Gasteiger partial charge in [-0.05, 0) is 24.6 Å². The van der Waals surface area contributed by atoms with Gasteiger partial charge in [-0.3, -0.25) is 0 Å². The summed E-state index contributed by atoms with van der Waals surface area (Å²) >= 11 is 1.60. The van der Waals surface area contributed by atoms with Crippen molar-refractivity contribution in [2.75, 3.05) is 0 Å². The first-order chi connectivity index (χ1) is 12.7.